The van der Waals surface area contributed by atoms with Crippen molar-refractivity contribution in [3.05, 3.63) is 61.4 Å². The standard InChI is InChI=1S/C19H17Cl2FIN3O2/c20-13-3-2-12(9-14(13)21)26-6-5-17(19(26)28)25-18(27)16(24)8-10-7-11(23)1-4-15(10)22/h1-4,7,9,16-17H,5-6,8,24H2,(H,25,27). The Bertz CT molecular complexity index is 928. The van der Waals surface area contributed by atoms with Crippen molar-refractivity contribution in [1.29, 1.82) is 0 Å². The molecular formula is C19H17Cl2FIN3O2. The smallest absolute Gasteiger partial charge is 0.249 e. The predicted octanol–water partition coefficient (Wildman–Crippen LogP) is 3.53. The van der Waals surface area contributed by atoms with Gasteiger partial charge in [0.1, 0.15) is 11.9 Å². The first-order valence-electron chi connectivity index (χ1n) is 8.52. The van der Waals surface area contributed by atoms with Crippen molar-refractivity contribution in [2.75, 3.05) is 11.4 Å². The summed E-state index contributed by atoms with van der Waals surface area (Å²) in [7, 11) is 0. The van der Waals surface area contributed by atoms with Gasteiger partial charge in [-0.3, -0.25) is 9.59 Å². The molecule has 5 nitrogen and oxygen atoms in total. The molecule has 3 N–H and O–H groups in total. The van der Waals surface area contributed by atoms with Crippen molar-refractivity contribution in [2.24, 2.45) is 5.73 Å². The van der Waals surface area contributed by atoms with E-state index in [-0.39, 0.29) is 12.3 Å². The van der Waals surface area contributed by atoms with Gasteiger partial charge < -0.3 is 16.0 Å². The van der Waals surface area contributed by atoms with E-state index in [0.29, 0.717) is 34.3 Å². The molecule has 1 heterocycles. The minimum Gasteiger partial charge on any atom is -0.343 e. The first kappa shape index (κ1) is 21.3. The fourth-order valence-electron chi connectivity index (χ4n) is 3.03. The van der Waals surface area contributed by atoms with Crippen LogP contribution in [0.3, 0.4) is 0 Å². The molecule has 0 saturated carbocycles. The maximum atomic E-state index is 13.9. The maximum Gasteiger partial charge on any atom is 0.249 e. The van der Waals surface area contributed by atoms with Crippen LogP contribution >= 0.6 is 45.8 Å². The van der Waals surface area contributed by atoms with E-state index in [2.05, 4.69) is 27.9 Å². The highest BCUT2D eigenvalue weighted by Crippen LogP contribution is 2.29. The number of nitrogens with two attached hydrogens (primary N) is 1. The maximum absolute atomic E-state index is 13.9. The normalized spacial score (nSPS) is 17.7. The molecule has 1 aliphatic heterocycles. The molecular weight excluding hydrogens is 519 g/mol. The van der Waals surface area contributed by atoms with Crippen molar-refractivity contribution in [3.63, 3.8) is 0 Å². The third-order valence-electron chi connectivity index (χ3n) is 4.52. The molecule has 2 aromatic rings. The highest BCUT2D eigenvalue weighted by atomic mass is 127. The molecule has 1 saturated heterocycles. The molecule has 0 aliphatic carbocycles. The number of hydrogen-bond acceptors (Lipinski definition) is 3. The minimum atomic E-state index is -0.959. The number of anilines is 1. The number of nitrogens with one attached hydrogen (secondary N) is 1. The summed E-state index contributed by atoms with van der Waals surface area (Å²) in [6, 6.07) is 7.91. The number of carbonyl (C=O) groups is 2. The quantitative estimate of drug-likeness (QED) is 0.575. The van der Waals surface area contributed by atoms with Crippen molar-refractivity contribution < 1.29 is 14.0 Å². The Hall–Kier alpha value is -1.42. The van der Waals surface area contributed by atoms with Crippen molar-refractivity contribution in [3.8, 4) is 0 Å². The minimum absolute atomic E-state index is 0.0475. The summed E-state index contributed by atoms with van der Waals surface area (Å²) in [6.45, 7) is 0.433. The number of halogens is 4. The molecule has 0 spiro atoms. The van der Waals surface area contributed by atoms with E-state index in [1.54, 1.807) is 30.3 Å². The van der Waals surface area contributed by atoms with Gasteiger partial charge in [-0.15, -0.1) is 0 Å². The summed E-state index contributed by atoms with van der Waals surface area (Å²) in [4.78, 5) is 26.6. The number of rotatable bonds is 5. The van der Waals surface area contributed by atoms with E-state index in [1.165, 1.54) is 11.0 Å². The Morgan fingerprint density at radius 3 is 2.75 bits per heavy atom. The van der Waals surface area contributed by atoms with E-state index in [1.807, 2.05) is 0 Å². The van der Waals surface area contributed by atoms with E-state index >= 15 is 0 Å². The summed E-state index contributed by atoms with van der Waals surface area (Å²) in [6.07, 6.45) is 0.487. The Morgan fingerprint density at radius 2 is 2.04 bits per heavy atom. The number of hydrogen-bond donors (Lipinski definition) is 2. The third kappa shape index (κ3) is 4.76. The van der Waals surface area contributed by atoms with Crippen LogP contribution in [-0.4, -0.2) is 30.4 Å². The van der Waals surface area contributed by atoms with Gasteiger partial charge in [0.2, 0.25) is 11.8 Å². The molecule has 28 heavy (non-hydrogen) atoms. The van der Waals surface area contributed by atoms with Gasteiger partial charge in [0.05, 0.1) is 16.1 Å². The van der Waals surface area contributed by atoms with Crippen molar-refractivity contribution >= 4 is 63.3 Å². The summed E-state index contributed by atoms with van der Waals surface area (Å²) in [5, 5.41) is 3.42. The highest BCUT2D eigenvalue weighted by Gasteiger charge is 2.34. The molecule has 1 aliphatic rings. The zero-order valence-electron chi connectivity index (χ0n) is 14.6. The molecule has 9 heteroatoms. The second-order valence-corrected chi connectivity index (χ2v) is 8.54. The Morgan fingerprint density at radius 1 is 1.29 bits per heavy atom. The van der Waals surface area contributed by atoms with Crippen LogP contribution in [0.5, 0.6) is 0 Å². The summed E-state index contributed by atoms with van der Waals surface area (Å²) in [5.74, 6) is -1.15. The van der Waals surface area contributed by atoms with Crippen LogP contribution in [0.15, 0.2) is 36.4 Å². The largest absolute Gasteiger partial charge is 0.343 e. The number of nitrogens with zero attached hydrogens (tertiary/aromatic N) is 1. The SMILES string of the molecule is NC(Cc1cc(I)ccc1F)C(=O)NC1CCN(c2ccc(Cl)c(Cl)c2)C1=O. The van der Waals surface area contributed by atoms with Crippen molar-refractivity contribution in [2.45, 2.75) is 24.9 Å². The lowest BCUT2D eigenvalue weighted by atomic mass is 10.0. The Kier molecular flexibility index (Phi) is 6.80. The van der Waals surface area contributed by atoms with E-state index in [4.69, 9.17) is 28.9 Å². The first-order chi connectivity index (χ1) is 13.3. The summed E-state index contributed by atoms with van der Waals surface area (Å²) in [5.41, 5.74) is 6.91. The third-order valence-corrected chi connectivity index (χ3v) is 5.93. The fraction of sp³-hybridized carbons (Fsp3) is 0.263. The Labute approximate surface area is 185 Å². The lowest BCUT2D eigenvalue weighted by Crippen LogP contribution is -2.49. The molecule has 2 unspecified atom stereocenters. The van der Waals surface area contributed by atoms with Gasteiger partial charge in [0.15, 0.2) is 0 Å². The lowest BCUT2D eigenvalue weighted by Gasteiger charge is -2.19. The van der Waals surface area contributed by atoms with Crippen LogP contribution in [0.25, 0.3) is 0 Å². The topological polar surface area (TPSA) is 75.4 Å². The van der Waals surface area contributed by atoms with Crippen LogP contribution in [0.4, 0.5) is 10.1 Å². The highest BCUT2D eigenvalue weighted by molar-refractivity contribution is 14.1. The Balaban J connectivity index is 1.63. The fourth-order valence-corrected chi connectivity index (χ4v) is 3.88. The van der Waals surface area contributed by atoms with E-state index in [0.717, 1.165) is 3.57 Å². The van der Waals surface area contributed by atoms with Gasteiger partial charge in [-0.05, 0) is 77.4 Å². The second kappa shape index (κ2) is 8.94. The molecule has 3 rings (SSSR count). The molecule has 148 valence electrons. The van der Waals surface area contributed by atoms with Crippen LogP contribution in [0.1, 0.15) is 12.0 Å². The van der Waals surface area contributed by atoms with Gasteiger partial charge in [0, 0.05) is 15.8 Å². The zero-order chi connectivity index (χ0) is 20.4. The second-order valence-electron chi connectivity index (χ2n) is 6.48. The number of amides is 2. The molecule has 0 radical (unpaired) electrons. The first-order valence-corrected chi connectivity index (χ1v) is 10.4. The molecule has 2 amide bonds. The average molecular weight is 536 g/mol. The molecule has 0 aromatic heterocycles. The number of carbonyl (C=O) groups excluding carboxylic acids is 2. The van der Waals surface area contributed by atoms with Gasteiger partial charge in [0.25, 0.3) is 0 Å². The summed E-state index contributed by atoms with van der Waals surface area (Å²) < 4.78 is 14.7. The van der Waals surface area contributed by atoms with Crippen LogP contribution < -0.4 is 16.0 Å². The van der Waals surface area contributed by atoms with Gasteiger partial charge in [-0.1, -0.05) is 23.2 Å². The molecule has 1 fully saturated rings. The van der Waals surface area contributed by atoms with Gasteiger partial charge >= 0.3 is 0 Å². The zero-order valence-corrected chi connectivity index (χ0v) is 18.3. The summed E-state index contributed by atoms with van der Waals surface area (Å²) >= 11 is 14.0. The van der Waals surface area contributed by atoms with Crippen molar-refractivity contribution in [1.82, 2.24) is 5.32 Å². The van der Waals surface area contributed by atoms with E-state index in [9.17, 15) is 14.0 Å². The van der Waals surface area contributed by atoms with Gasteiger partial charge in [-0.25, -0.2) is 4.39 Å². The molecule has 0 bridgehead atoms. The average Bonchev–Trinajstić information content (AvgIpc) is 3.01. The predicted molar refractivity (Wildman–Crippen MR) is 116 cm³/mol. The molecule has 2 atom stereocenters. The lowest BCUT2D eigenvalue weighted by molar-refractivity contribution is -0.127. The van der Waals surface area contributed by atoms with Crippen LogP contribution in [0.2, 0.25) is 10.0 Å². The molecule has 2 aromatic carbocycles. The number of benzene rings is 2. The van der Waals surface area contributed by atoms with Crippen LogP contribution in [0, 0.1) is 9.39 Å². The monoisotopic (exact) mass is 535 g/mol. The van der Waals surface area contributed by atoms with Gasteiger partial charge in [-0.2, -0.15) is 0 Å². The van der Waals surface area contributed by atoms with Crippen LogP contribution in [-0.2, 0) is 16.0 Å². The van der Waals surface area contributed by atoms with E-state index < -0.39 is 23.8 Å².